The summed E-state index contributed by atoms with van der Waals surface area (Å²) in [4.78, 5) is 0. The van der Waals surface area contributed by atoms with Crippen molar-refractivity contribution in [3.8, 4) is 0 Å². The van der Waals surface area contributed by atoms with Crippen LogP contribution in [0.25, 0.3) is 0 Å². The molecule has 106 valence electrons. The SMILES string of the molecule is CCCNC(Cc1cccc(F)c1)C1COCCO1. The first-order valence-corrected chi connectivity index (χ1v) is 6.96. The lowest BCUT2D eigenvalue weighted by molar-refractivity contribution is -0.101. The summed E-state index contributed by atoms with van der Waals surface area (Å²) in [6.07, 6.45) is 1.86. The molecule has 1 aliphatic rings. The smallest absolute Gasteiger partial charge is 0.123 e. The van der Waals surface area contributed by atoms with Gasteiger partial charge in [-0.05, 0) is 37.1 Å². The Kier molecular flexibility index (Phi) is 5.76. The molecule has 19 heavy (non-hydrogen) atoms. The Morgan fingerprint density at radius 2 is 2.32 bits per heavy atom. The highest BCUT2D eigenvalue weighted by Gasteiger charge is 2.24. The minimum absolute atomic E-state index is 0.0450. The highest BCUT2D eigenvalue weighted by Crippen LogP contribution is 2.13. The molecular weight excluding hydrogens is 245 g/mol. The van der Waals surface area contributed by atoms with Gasteiger partial charge >= 0.3 is 0 Å². The largest absolute Gasteiger partial charge is 0.376 e. The van der Waals surface area contributed by atoms with Gasteiger partial charge in [-0.2, -0.15) is 0 Å². The number of hydrogen-bond acceptors (Lipinski definition) is 3. The Hall–Kier alpha value is -0.970. The molecule has 3 nitrogen and oxygen atoms in total. The van der Waals surface area contributed by atoms with Gasteiger partial charge in [-0.25, -0.2) is 4.39 Å². The van der Waals surface area contributed by atoms with Crippen LogP contribution in [0.4, 0.5) is 4.39 Å². The molecule has 1 N–H and O–H groups in total. The fourth-order valence-electron chi connectivity index (χ4n) is 2.32. The highest BCUT2D eigenvalue weighted by atomic mass is 19.1. The molecule has 2 atom stereocenters. The Morgan fingerprint density at radius 1 is 1.42 bits per heavy atom. The van der Waals surface area contributed by atoms with Gasteiger partial charge in [0.1, 0.15) is 5.82 Å². The summed E-state index contributed by atoms with van der Waals surface area (Å²) < 4.78 is 24.5. The van der Waals surface area contributed by atoms with E-state index in [-0.39, 0.29) is 18.0 Å². The Bertz CT molecular complexity index is 380. The minimum atomic E-state index is -0.187. The van der Waals surface area contributed by atoms with Gasteiger partial charge in [0.15, 0.2) is 0 Å². The molecule has 1 aromatic rings. The summed E-state index contributed by atoms with van der Waals surface area (Å²) in [7, 11) is 0. The highest BCUT2D eigenvalue weighted by molar-refractivity contribution is 5.17. The lowest BCUT2D eigenvalue weighted by atomic mass is 10.0. The normalized spacial score (nSPS) is 21.3. The van der Waals surface area contributed by atoms with Crippen molar-refractivity contribution in [2.75, 3.05) is 26.4 Å². The molecule has 1 aliphatic heterocycles. The maximum absolute atomic E-state index is 13.2. The van der Waals surface area contributed by atoms with Crippen molar-refractivity contribution < 1.29 is 13.9 Å². The molecular formula is C15H22FNO2. The van der Waals surface area contributed by atoms with E-state index >= 15 is 0 Å². The summed E-state index contributed by atoms with van der Waals surface area (Å²) in [5.41, 5.74) is 0.989. The second kappa shape index (κ2) is 7.58. The van der Waals surface area contributed by atoms with Gasteiger partial charge in [-0.3, -0.25) is 0 Å². The zero-order valence-electron chi connectivity index (χ0n) is 11.4. The number of nitrogens with one attached hydrogen (secondary N) is 1. The fourth-order valence-corrected chi connectivity index (χ4v) is 2.32. The molecule has 0 saturated carbocycles. The Morgan fingerprint density at radius 3 is 3.00 bits per heavy atom. The first-order valence-electron chi connectivity index (χ1n) is 6.96. The maximum atomic E-state index is 13.2. The first kappa shape index (κ1) is 14.4. The number of benzene rings is 1. The monoisotopic (exact) mass is 267 g/mol. The van der Waals surface area contributed by atoms with Crippen LogP contribution >= 0.6 is 0 Å². The van der Waals surface area contributed by atoms with E-state index in [4.69, 9.17) is 9.47 Å². The lowest BCUT2D eigenvalue weighted by Crippen LogP contribution is -2.48. The average molecular weight is 267 g/mol. The third-order valence-electron chi connectivity index (χ3n) is 3.29. The molecule has 0 aromatic heterocycles. The molecule has 0 amide bonds. The van der Waals surface area contributed by atoms with Crippen LogP contribution in [0.1, 0.15) is 18.9 Å². The van der Waals surface area contributed by atoms with Crippen LogP contribution in [0.15, 0.2) is 24.3 Å². The number of halogens is 1. The van der Waals surface area contributed by atoms with Crippen molar-refractivity contribution in [2.24, 2.45) is 0 Å². The lowest BCUT2D eigenvalue weighted by Gasteiger charge is -2.31. The first-order chi connectivity index (χ1) is 9.29. The standard InChI is InChI=1S/C15H22FNO2/c1-2-6-17-14(15-11-18-7-8-19-15)10-12-4-3-5-13(16)9-12/h3-5,9,14-15,17H,2,6-8,10-11H2,1H3. The van der Waals surface area contributed by atoms with Crippen LogP contribution in [0, 0.1) is 5.82 Å². The minimum Gasteiger partial charge on any atom is -0.376 e. The second-order valence-corrected chi connectivity index (χ2v) is 4.88. The zero-order chi connectivity index (χ0) is 13.5. The van der Waals surface area contributed by atoms with Crippen molar-refractivity contribution in [3.63, 3.8) is 0 Å². The van der Waals surface area contributed by atoms with Crippen LogP contribution in [0.3, 0.4) is 0 Å². The van der Waals surface area contributed by atoms with E-state index in [1.54, 1.807) is 12.1 Å². The van der Waals surface area contributed by atoms with E-state index in [2.05, 4.69) is 12.2 Å². The predicted octanol–water partition coefficient (Wildman–Crippen LogP) is 2.15. The molecule has 4 heteroatoms. The van der Waals surface area contributed by atoms with Gasteiger partial charge in [-0.1, -0.05) is 19.1 Å². The average Bonchev–Trinajstić information content (AvgIpc) is 2.44. The van der Waals surface area contributed by atoms with Crippen molar-refractivity contribution in [1.82, 2.24) is 5.32 Å². The molecule has 0 spiro atoms. The van der Waals surface area contributed by atoms with Crippen molar-refractivity contribution in [3.05, 3.63) is 35.6 Å². The summed E-state index contributed by atoms with van der Waals surface area (Å²) in [6, 6.07) is 6.93. The maximum Gasteiger partial charge on any atom is 0.123 e. The molecule has 0 aliphatic carbocycles. The van der Waals surface area contributed by atoms with Crippen LogP contribution in [-0.2, 0) is 15.9 Å². The summed E-state index contributed by atoms with van der Waals surface area (Å²) in [5.74, 6) is -0.187. The van der Waals surface area contributed by atoms with E-state index < -0.39 is 0 Å². The van der Waals surface area contributed by atoms with Gasteiger partial charge < -0.3 is 14.8 Å². The molecule has 1 aromatic carbocycles. The van der Waals surface area contributed by atoms with Gasteiger partial charge in [-0.15, -0.1) is 0 Å². The molecule has 0 bridgehead atoms. The van der Waals surface area contributed by atoms with Crippen molar-refractivity contribution in [2.45, 2.75) is 31.9 Å². The second-order valence-electron chi connectivity index (χ2n) is 4.88. The van der Waals surface area contributed by atoms with Crippen LogP contribution in [0.5, 0.6) is 0 Å². The Balaban J connectivity index is 1.99. The summed E-state index contributed by atoms with van der Waals surface area (Å²) in [6.45, 7) is 4.97. The van der Waals surface area contributed by atoms with E-state index in [9.17, 15) is 4.39 Å². The van der Waals surface area contributed by atoms with E-state index in [1.807, 2.05) is 6.07 Å². The molecule has 2 unspecified atom stereocenters. The van der Waals surface area contributed by atoms with Gasteiger partial charge in [0.2, 0.25) is 0 Å². The van der Waals surface area contributed by atoms with E-state index in [1.165, 1.54) is 6.07 Å². The fraction of sp³-hybridized carbons (Fsp3) is 0.600. The third kappa shape index (κ3) is 4.56. The third-order valence-corrected chi connectivity index (χ3v) is 3.29. The number of rotatable bonds is 6. The molecule has 1 fully saturated rings. The topological polar surface area (TPSA) is 30.5 Å². The summed E-state index contributed by atoms with van der Waals surface area (Å²) in [5, 5.41) is 3.48. The van der Waals surface area contributed by atoms with Gasteiger partial charge in [0.05, 0.1) is 25.9 Å². The quantitative estimate of drug-likeness (QED) is 0.856. The number of hydrogen-bond donors (Lipinski definition) is 1. The van der Waals surface area contributed by atoms with Crippen LogP contribution in [0.2, 0.25) is 0 Å². The molecule has 1 saturated heterocycles. The van der Waals surface area contributed by atoms with Crippen LogP contribution < -0.4 is 5.32 Å². The van der Waals surface area contributed by atoms with E-state index in [0.717, 1.165) is 24.9 Å². The molecule has 1 heterocycles. The van der Waals surface area contributed by atoms with Gasteiger partial charge in [0, 0.05) is 6.04 Å². The predicted molar refractivity (Wildman–Crippen MR) is 72.7 cm³/mol. The van der Waals surface area contributed by atoms with Crippen LogP contribution in [-0.4, -0.2) is 38.5 Å². The van der Waals surface area contributed by atoms with Crippen molar-refractivity contribution in [1.29, 1.82) is 0 Å². The summed E-state index contributed by atoms with van der Waals surface area (Å²) >= 11 is 0. The molecule has 2 rings (SSSR count). The zero-order valence-corrected chi connectivity index (χ0v) is 11.4. The Labute approximate surface area is 114 Å². The van der Waals surface area contributed by atoms with E-state index in [0.29, 0.717) is 19.8 Å². The van der Waals surface area contributed by atoms with Gasteiger partial charge in [0.25, 0.3) is 0 Å². The number of ether oxygens (including phenoxy) is 2. The van der Waals surface area contributed by atoms with Crippen molar-refractivity contribution >= 4 is 0 Å². The molecule has 0 radical (unpaired) electrons.